The molecular formula is C18H25F3N2O4S. The lowest BCUT2D eigenvalue weighted by Crippen LogP contribution is -2.32. The Morgan fingerprint density at radius 1 is 1.18 bits per heavy atom. The zero-order chi connectivity index (χ0) is 20.8. The summed E-state index contributed by atoms with van der Waals surface area (Å²) in [5, 5.41) is 2.83. The van der Waals surface area contributed by atoms with Gasteiger partial charge in [0.2, 0.25) is 5.91 Å². The van der Waals surface area contributed by atoms with Crippen molar-refractivity contribution < 1.29 is 30.6 Å². The molecular weight excluding hydrogens is 397 g/mol. The third-order valence-electron chi connectivity index (χ3n) is 4.57. The minimum absolute atomic E-state index is 0.107. The Bertz CT molecular complexity index is 745. The largest absolute Gasteiger partial charge is 0.534 e. The highest BCUT2D eigenvalue weighted by atomic mass is 32.2. The van der Waals surface area contributed by atoms with Crippen molar-refractivity contribution in [1.82, 2.24) is 10.2 Å². The van der Waals surface area contributed by atoms with Crippen LogP contribution in [-0.2, 0) is 14.9 Å². The number of nitrogens with zero attached hydrogens (tertiary/aromatic N) is 1. The monoisotopic (exact) mass is 422 g/mol. The Hall–Kier alpha value is -1.81. The van der Waals surface area contributed by atoms with Crippen LogP contribution in [0.2, 0.25) is 0 Å². The third-order valence-corrected chi connectivity index (χ3v) is 5.55. The van der Waals surface area contributed by atoms with Crippen LogP contribution in [0.3, 0.4) is 0 Å². The van der Waals surface area contributed by atoms with E-state index in [1.807, 2.05) is 0 Å². The first-order valence-corrected chi connectivity index (χ1v) is 10.6. The van der Waals surface area contributed by atoms with E-state index in [4.69, 9.17) is 0 Å². The zero-order valence-corrected chi connectivity index (χ0v) is 16.5. The van der Waals surface area contributed by atoms with Crippen LogP contribution in [0.15, 0.2) is 24.3 Å². The van der Waals surface area contributed by atoms with Crippen molar-refractivity contribution >= 4 is 16.0 Å². The summed E-state index contributed by atoms with van der Waals surface area (Å²) in [7, 11) is -5.70. The molecule has 1 aliphatic heterocycles. The molecule has 0 spiro atoms. The molecule has 1 N–H and O–H groups in total. The van der Waals surface area contributed by atoms with Crippen molar-refractivity contribution in [1.29, 1.82) is 0 Å². The number of benzene rings is 1. The van der Waals surface area contributed by atoms with Crippen molar-refractivity contribution in [3.05, 3.63) is 29.8 Å². The second-order valence-electron chi connectivity index (χ2n) is 6.85. The smallest absolute Gasteiger partial charge is 0.376 e. The Morgan fingerprint density at radius 3 is 2.36 bits per heavy atom. The van der Waals surface area contributed by atoms with Crippen LogP contribution in [-0.4, -0.2) is 44.4 Å². The van der Waals surface area contributed by atoms with Gasteiger partial charge in [-0.15, -0.1) is 0 Å². The third kappa shape index (κ3) is 6.66. The Kier molecular flexibility index (Phi) is 7.70. The molecule has 0 saturated carbocycles. The summed E-state index contributed by atoms with van der Waals surface area (Å²) < 4.78 is 63.0. The van der Waals surface area contributed by atoms with Crippen LogP contribution in [0.5, 0.6) is 5.75 Å². The number of halogens is 3. The van der Waals surface area contributed by atoms with Crippen LogP contribution in [0.1, 0.15) is 50.6 Å². The number of hydrogen-bond donors (Lipinski definition) is 1. The number of rotatable bonds is 8. The molecule has 1 saturated heterocycles. The van der Waals surface area contributed by atoms with Crippen LogP contribution in [0.25, 0.3) is 0 Å². The molecule has 10 heteroatoms. The van der Waals surface area contributed by atoms with E-state index < -0.39 is 21.4 Å². The summed E-state index contributed by atoms with van der Waals surface area (Å²) in [6.07, 6.45) is 4.83. The van der Waals surface area contributed by atoms with Crippen molar-refractivity contribution in [2.75, 3.05) is 19.6 Å². The summed E-state index contributed by atoms with van der Waals surface area (Å²) in [4.78, 5) is 14.4. The fourth-order valence-electron chi connectivity index (χ4n) is 3.03. The molecule has 1 aliphatic rings. The van der Waals surface area contributed by atoms with Crippen molar-refractivity contribution in [2.45, 2.75) is 50.6 Å². The van der Waals surface area contributed by atoms with E-state index in [1.165, 1.54) is 31.4 Å². The molecule has 1 heterocycles. The SMILES string of the molecule is C[C@@H](NC(=O)CCCN1CCCCC1)c1ccc(OS(=O)(=O)C(F)(F)F)cc1. The summed E-state index contributed by atoms with van der Waals surface area (Å²) in [6.45, 7) is 4.79. The molecule has 0 aromatic heterocycles. The Morgan fingerprint density at radius 2 is 1.79 bits per heavy atom. The van der Waals surface area contributed by atoms with Gasteiger partial charge in [-0.25, -0.2) is 0 Å². The number of alkyl halides is 3. The molecule has 1 amide bonds. The maximum absolute atomic E-state index is 12.3. The number of nitrogens with one attached hydrogen (secondary N) is 1. The van der Waals surface area contributed by atoms with Gasteiger partial charge >= 0.3 is 15.6 Å². The lowest BCUT2D eigenvalue weighted by molar-refractivity contribution is -0.121. The van der Waals surface area contributed by atoms with Crippen LogP contribution in [0.4, 0.5) is 13.2 Å². The zero-order valence-electron chi connectivity index (χ0n) is 15.7. The highest BCUT2D eigenvalue weighted by Crippen LogP contribution is 2.27. The minimum Gasteiger partial charge on any atom is -0.376 e. The van der Waals surface area contributed by atoms with Gasteiger partial charge in [-0.05, 0) is 63.5 Å². The Balaban J connectivity index is 1.80. The van der Waals surface area contributed by atoms with Crippen LogP contribution in [0, 0.1) is 0 Å². The highest BCUT2D eigenvalue weighted by molar-refractivity contribution is 7.88. The number of likely N-dealkylation sites (tertiary alicyclic amines) is 1. The van der Waals surface area contributed by atoms with Gasteiger partial charge in [0, 0.05) is 6.42 Å². The molecule has 0 unspecified atom stereocenters. The predicted octanol–water partition coefficient (Wildman–Crippen LogP) is 3.36. The molecule has 158 valence electrons. The van der Waals surface area contributed by atoms with E-state index in [9.17, 15) is 26.4 Å². The van der Waals surface area contributed by atoms with Gasteiger partial charge in [0.05, 0.1) is 6.04 Å². The molecule has 1 atom stereocenters. The van der Waals surface area contributed by atoms with E-state index in [0.29, 0.717) is 12.0 Å². The quantitative estimate of drug-likeness (QED) is 0.514. The summed E-state index contributed by atoms with van der Waals surface area (Å²) in [5.41, 5.74) is -4.86. The average Bonchev–Trinajstić information content (AvgIpc) is 2.62. The second-order valence-corrected chi connectivity index (χ2v) is 8.39. The maximum atomic E-state index is 12.3. The molecule has 0 bridgehead atoms. The topological polar surface area (TPSA) is 75.7 Å². The van der Waals surface area contributed by atoms with E-state index in [-0.39, 0.29) is 11.9 Å². The van der Waals surface area contributed by atoms with E-state index in [0.717, 1.165) is 38.2 Å². The van der Waals surface area contributed by atoms with E-state index in [2.05, 4.69) is 14.4 Å². The van der Waals surface area contributed by atoms with Gasteiger partial charge in [0.15, 0.2) is 0 Å². The van der Waals surface area contributed by atoms with Crippen molar-refractivity contribution in [2.24, 2.45) is 0 Å². The maximum Gasteiger partial charge on any atom is 0.534 e. The first-order chi connectivity index (χ1) is 13.1. The summed E-state index contributed by atoms with van der Waals surface area (Å²) in [5.74, 6) is -0.550. The molecule has 6 nitrogen and oxygen atoms in total. The summed E-state index contributed by atoms with van der Waals surface area (Å²) >= 11 is 0. The van der Waals surface area contributed by atoms with Gasteiger partial charge in [0.1, 0.15) is 5.75 Å². The van der Waals surface area contributed by atoms with Gasteiger partial charge in [-0.1, -0.05) is 18.6 Å². The van der Waals surface area contributed by atoms with E-state index in [1.54, 1.807) is 6.92 Å². The van der Waals surface area contributed by atoms with Gasteiger partial charge in [-0.3, -0.25) is 4.79 Å². The fraction of sp³-hybridized carbons (Fsp3) is 0.611. The van der Waals surface area contributed by atoms with Gasteiger partial charge < -0.3 is 14.4 Å². The first kappa shape index (κ1) is 22.5. The molecule has 2 rings (SSSR count). The first-order valence-electron chi connectivity index (χ1n) is 9.21. The van der Waals surface area contributed by atoms with Gasteiger partial charge in [-0.2, -0.15) is 21.6 Å². The number of carbonyl (C=O) groups excluding carboxylic acids is 1. The highest BCUT2D eigenvalue weighted by Gasteiger charge is 2.48. The number of hydrogen-bond acceptors (Lipinski definition) is 5. The van der Waals surface area contributed by atoms with Gasteiger partial charge in [0.25, 0.3) is 0 Å². The number of piperidine rings is 1. The summed E-state index contributed by atoms with van der Waals surface area (Å²) in [6, 6.07) is 4.71. The average molecular weight is 422 g/mol. The molecule has 1 aromatic rings. The standard InChI is InChI=1S/C18H25F3N2O4S/c1-14(22-17(24)6-5-13-23-11-3-2-4-12-23)15-7-9-16(10-8-15)27-28(25,26)18(19,20)21/h7-10,14H,2-6,11-13H2,1H3,(H,22,24)/t14-/m1/s1. The molecule has 1 fully saturated rings. The molecule has 0 aliphatic carbocycles. The van der Waals surface area contributed by atoms with Crippen LogP contribution < -0.4 is 9.50 Å². The molecule has 0 radical (unpaired) electrons. The minimum atomic E-state index is -5.70. The van der Waals surface area contributed by atoms with Crippen LogP contribution >= 0.6 is 0 Å². The lowest BCUT2D eigenvalue weighted by Gasteiger charge is -2.26. The number of amides is 1. The Labute approximate surface area is 163 Å². The number of carbonyl (C=O) groups is 1. The lowest BCUT2D eigenvalue weighted by atomic mass is 10.1. The fourth-order valence-corrected chi connectivity index (χ4v) is 3.49. The van der Waals surface area contributed by atoms with Crippen molar-refractivity contribution in [3.63, 3.8) is 0 Å². The predicted molar refractivity (Wildman–Crippen MR) is 98.1 cm³/mol. The normalized spacial score (nSPS) is 17.1. The van der Waals surface area contributed by atoms with E-state index >= 15 is 0 Å². The second kappa shape index (κ2) is 9.60. The van der Waals surface area contributed by atoms with Crippen molar-refractivity contribution in [3.8, 4) is 5.75 Å². The molecule has 28 heavy (non-hydrogen) atoms. The molecule has 1 aromatic carbocycles.